The van der Waals surface area contributed by atoms with Crippen LogP contribution in [-0.2, 0) is 12.8 Å². The van der Waals surface area contributed by atoms with Gasteiger partial charge in [0.2, 0.25) is 0 Å². The Bertz CT molecular complexity index is 3270. The van der Waals surface area contributed by atoms with Gasteiger partial charge < -0.3 is 71.4 Å². The minimum absolute atomic E-state index is 0. The van der Waals surface area contributed by atoms with Crippen molar-refractivity contribution in [3.8, 4) is 0 Å². The third-order valence-corrected chi connectivity index (χ3v) is 22.2. The molecule has 13 N–H and O–H groups in total. The average Bonchev–Trinajstić information content (AvgIpc) is 1.06. The van der Waals surface area contributed by atoms with Gasteiger partial charge in [0.25, 0.3) is 5.69 Å². The molecule has 0 amide bonds. The molecule has 0 atom stereocenters. The first-order valence-corrected chi connectivity index (χ1v) is 40.0. The summed E-state index contributed by atoms with van der Waals surface area (Å²) >= 11 is 13.9. The van der Waals surface area contributed by atoms with Gasteiger partial charge in [-0.05, 0) is 170 Å². The smallest absolute Gasteiger partial charge is 0.270 e. The highest BCUT2D eigenvalue weighted by atomic mass is 127. The molecular weight excluding hydrogens is 1510 g/mol. The van der Waals surface area contributed by atoms with Crippen molar-refractivity contribution in [2.45, 2.75) is 46.3 Å². The number of hydrogen-bond acceptors (Lipinski definition) is 26. The number of halogens is 1. The molecule has 99 heavy (non-hydrogen) atoms. The maximum Gasteiger partial charge on any atom is 0.270 e. The number of likely N-dealkylation sites (N-methyl/N-ethyl adjacent to an activating group) is 4. The van der Waals surface area contributed by atoms with Gasteiger partial charge in [0.1, 0.15) is 5.04 Å². The summed E-state index contributed by atoms with van der Waals surface area (Å²) in [5.74, 6) is 12.4. The van der Waals surface area contributed by atoms with Crippen molar-refractivity contribution in [2.75, 3.05) is 203 Å². The van der Waals surface area contributed by atoms with E-state index in [9.17, 15) is 10.1 Å². The third-order valence-electron chi connectivity index (χ3n) is 14.6. The van der Waals surface area contributed by atoms with Crippen LogP contribution < -0.4 is 37.0 Å². The summed E-state index contributed by atoms with van der Waals surface area (Å²) < 4.78 is 0. The normalized spacial score (nSPS) is 13.0. The third kappa shape index (κ3) is 32.8. The number of thioether (sulfide) groups is 5. The van der Waals surface area contributed by atoms with Crippen molar-refractivity contribution in [1.82, 2.24) is 19.6 Å². The molecule has 0 saturated heterocycles. The molecule has 0 spiro atoms. The highest BCUT2D eigenvalue weighted by Crippen LogP contribution is 2.40. The summed E-state index contributed by atoms with van der Waals surface area (Å²) in [5.41, 5.74) is 15.9. The number of fused-ring (bicyclic) bond motifs is 4. The van der Waals surface area contributed by atoms with Crippen molar-refractivity contribution in [3.05, 3.63) is 161 Å². The van der Waals surface area contributed by atoms with Gasteiger partial charge in [-0.25, -0.2) is 0 Å². The Labute approximate surface area is 640 Å². The summed E-state index contributed by atoms with van der Waals surface area (Å²) in [4.78, 5) is 37.3. The highest BCUT2D eigenvalue weighted by Gasteiger charge is 2.23. The van der Waals surface area contributed by atoms with Crippen LogP contribution in [-0.4, -0.2) is 234 Å². The first-order chi connectivity index (χ1) is 46.7. The van der Waals surface area contributed by atoms with Crippen LogP contribution in [0.15, 0.2) is 145 Å². The number of nitro benzene ring substituents is 1. The number of nitrogens with zero attached hydrogens (tertiary/aromatic N) is 9. The van der Waals surface area contributed by atoms with E-state index >= 15 is 0 Å². The van der Waals surface area contributed by atoms with E-state index in [1.54, 1.807) is 71.8 Å². The molecule has 0 radical (unpaired) electrons. The van der Waals surface area contributed by atoms with Gasteiger partial charge in [-0.1, -0.05) is 30.3 Å². The van der Waals surface area contributed by atoms with Gasteiger partial charge in [0.05, 0.1) is 44.0 Å². The van der Waals surface area contributed by atoms with Gasteiger partial charge in [-0.15, -0.1) is 117 Å². The first-order valence-electron chi connectivity index (χ1n) is 32.2. The Hall–Kier alpha value is -4.49. The predicted molar refractivity (Wildman–Crippen MR) is 450 cm³/mol. The minimum Gasteiger partial charge on any atom is -0.412 e. The van der Waals surface area contributed by atoms with Gasteiger partial charge in [-0.3, -0.25) is 27.2 Å². The van der Waals surface area contributed by atoms with E-state index in [1.807, 2.05) is 106 Å². The molecule has 0 saturated carbocycles. The molecule has 20 nitrogen and oxygen atoms in total. The number of nitrogens with two attached hydrogens (primary N) is 3. The highest BCUT2D eigenvalue weighted by molar-refractivity contribution is 14.0. The summed E-state index contributed by atoms with van der Waals surface area (Å²) in [5, 5.41) is 56.5. The number of benzene rings is 4. The molecule has 4 aromatic carbocycles. The molecule has 0 unspecified atom stereocenters. The van der Waals surface area contributed by atoms with Crippen molar-refractivity contribution < 1.29 is 20.6 Å². The number of rotatable bonds is 20. The molecule has 4 aliphatic rings. The summed E-state index contributed by atoms with van der Waals surface area (Å²) in [6.45, 7) is 16.7. The second-order valence-electron chi connectivity index (χ2n) is 23.2. The van der Waals surface area contributed by atoms with Gasteiger partial charge in [0.15, 0.2) is 0 Å². The largest absolute Gasteiger partial charge is 0.412 e. The maximum absolute atomic E-state index is 10.8. The second kappa shape index (κ2) is 50.8. The van der Waals surface area contributed by atoms with Gasteiger partial charge in [-0.2, -0.15) is 0 Å². The van der Waals surface area contributed by atoms with Crippen molar-refractivity contribution >= 4 is 167 Å². The summed E-state index contributed by atoms with van der Waals surface area (Å²) in [7, 11) is 16.8. The average molecular weight is 1620 g/mol. The van der Waals surface area contributed by atoms with Crippen molar-refractivity contribution in [1.29, 1.82) is 16.2 Å². The molecule has 0 fully saturated rings. The Balaban J connectivity index is 0.000000416. The number of aliphatic hydroxyl groups is 2. The van der Waals surface area contributed by atoms with Crippen LogP contribution in [0.4, 0.5) is 34.1 Å². The molecule has 7 heterocycles. The molecule has 3 aromatic heterocycles. The SMILES string of the molecule is CCO.CCO.CN(C)CCN1CCSc2cc(CC(=N)c3cccs3)ccc21.CN(C)CCN1CCSc2cc(CC(=N)c3cccs3)ccc21.CN(C)CCN1CCSc2cc(N)ccc21.CN(C)CCN1CCSc2cc([N+](=O)[O-])ccc21.CSC(=N)c1cccs1.I.NN.O. The topological polar surface area (TPSA) is 291 Å². The zero-order valence-electron chi connectivity index (χ0n) is 59.4. The van der Waals surface area contributed by atoms with Crippen LogP contribution in [0.2, 0.25) is 0 Å². The lowest BCUT2D eigenvalue weighted by molar-refractivity contribution is -0.385. The van der Waals surface area contributed by atoms with E-state index in [2.05, 4.69) is 156 Å². The van der Waals surface area contributed by atoms with E-state index in [-0.39, 0.29) is 53.3 Å². The van der Waals surface area contributed by atoms with Crippen LogP contribution in [0.25, 0.3) is 0 Å². The molecule has 29 heteroatoms. The second-order valence-corrected chi connectivity index (χ2v) is 31.4. The van der Waals surface area contributed by atoms with Crippen molar-refractivity contribution in [3.63, 3.8) is 0 Å². The number of nitrogens with one attached hydrogen (secondary N) is 3. The van der Waals surface area contributed by atoms with E-state index in [0.29, 0.717) is 29.3 Å². The van der Waals surface area contributed by atoms with Crippen LogP contribution in [0.1, 0.15) is 39.6 Å². The van der Waals surface area contributed by atoms with Crippen LogP contribution in [0.3, 0.4) is 0 Å². The number of hydrazine groups is 1. The fourth-order valence-electron chi connectivity index (χ4n) is 9.74. The number of hydrogen-bond donors (Lipinski definition) is 8. The molecule has 7 aromatic rings. The number of nitrogen functional groups attached to an aromatic ring is 1. The predicted octanol–water partition coefficient (Wildman–Crippen LogP) is 12.5. The molecule has 11 rings (SSSR count). The summed E-state index contributed by atoms with van der Waals surface area (Å²) in [6, 6.07) is 36.8. The van der Waals surface area contributed by atoms with Gasteiger partial charge >= 0.3 is 0 Å². The Morgan fingerprint density at radius 3 is 1.12 bits per heavy atom. The number of non-ortho nitro benzene ring substituents is 1. The van der Waals surface area contributed by atoms with Crippen molar-refractivity contribution in [2.24, 2.45) is 11.7 Å². The zero-order valence-corrected chi connectivity index (χ0v) is 68.3. The van der Waals surface area contributed by atoms with E-state index < -0.39 is 0 Å². The quantitative estimate of drug-likeness (QED) is 0.00669. The van der Waals surface area contributed by atoms with E-state index in [4.69, 9.17) is 32.2 Å². The molecular formula is C70H108IN15O5S8. The number of nitro groups is 1. The lowest BCUT2D eigenvalue weighted by Gasteiger charge is -2.32. The Kier molecular flexibility index (Phi) is 46.5. The minimum atomic E-state index is -0.334. The van der Waals surface area contributed by atoms with Crippen LogP contribution in [0.5, 0.6) is 0 Å². The van der Waals surface area contributed by atoms with Crippen LogP contribution in [0, 0.1) is 26.3 Å². The maximum atomic E-state index is 10.8. The molecule has 548 valence electrons. The van der Waals surface area contributed by atoms with Gasteiger partial charge in [0, 0.05) is 175 Å². The first kappa shape index (κ1) is 90.6. The molecule has 0 aliphatic carbocycles. The molecule has 0 bridgehead atoms. The molecule has 4 aliphatic heterocycles. The fraction of sp³-hybridized carbons (Fsp3) is 0.443. The standard InChI is InChI=1S/2C18H23N3S2.C12H17N3O2S.C12H19N3S.C6H7NS2.2C2H6O.HI.H4N2.H2O/c2*1-20(2)7-8-21-9-11-23-18-13-14(5-6-16(18)21)12-15(19)17-4-3-10-22-17;1-13(2)5-6-14-7-8-18-12-9-10(15(16)17)3-4-11(12)14;1-14(2)5-6-15-7-8-16-12-9-10(13)3-4-11(12)15;1-8-6(7)5-3-2-4-9-5;2*1-2-3;;1-2;/h2*3-6,10,13,19H,7-9,11-12H2,1-2H3;3-4,9H,5-8H2,1-2H3;3-4,9H,5-8,13H2,1-2H3;2-4,7H,1H3;2*3H,2H2,1H3;1H;1-2H2;1H2. The number of thiophene rings is 3. The van der Waals surface area contributed by atoms with E-state index in [0.717, 1.165) is 132 Å². The number of aliphatic hydroxyl groups excluding tert-OH is 2. The Morgan fingerprint density at radius 1 is 0.515 bits per heavy atom. The Morgan fingerprint density at radius 2 is 0.818 bits per heavy atom. The lowest BCUT2D eigenvalue weighted by Crippen LogP contribution is -2.35. The fourth-order valence-corrected chi connectivity index (χ4v) is 16.7. The van der Waals surface area contributed by atoms with E-state index in [1.165, 1.54) is 54.6 Å². The number of anilines is 5. The monoisotopic (exact) mass is 1620 g/mol. The lowest BCUT2D eigenvalue weighted by atomic mass is 10.1. The summed E-state index contributed by atoms with van der Waals surface area (Å²) in [6.07, 6.45) is 3.35. The zero-order chi connectivity index (χ0) is 71.2. The van der Waals surface area contributed by atoms with Crippen LogP contribution >= 0.6 is 117 Å².